The number of nitrogens with zero attached hydrogens (tertiary/aromatic N) is 2. The molecule has 0 bridgehead atoms. The van der Waals surface area contributed by atoms with Crippen molar-refractivity contribution in [3.63, 3.8) is 0 Å². The molecule has 2 aromatic heterocycles. The molecule has 3 heterocycles. The standard InChI is InChI=1S/C11H15N5O.2H2O/c12-11-10-9(14-5-15-11)7(3-13-10)8-2-1-6(4-17)16-8;;/h3,5-6,8,13,16-17H,1-2,4H2,(H2,12,14,15);2*1H2. The highest BCUT2D eigenvalue weighted by Gasteiger charge is 2.26. The van der Waals surface area contributed by atoms with Gasteiger partial charge in [-0.15, -0.1) is 0 Å². The number of nitrogen functional groups attached to an aromatic ring is 1. The van der Waals surface area contributed by atoms with Crippen molar-refractivity contribution in [3.05, 3.63) is 18.1 Å². The normalized spacial score (nSPS) is 21.9. The molecule has 1 aliphatic heterocycles. The first-order valence-corrected chi connectivity index (χ1v) is 5.74. The molecule has 8 nitrogen and oxygen atoms in total. The van der Waals surface area contributed by atoms with Crippen LogP contribution in [0.5, 0.6) is 0 Å². The molecule has 8 heteroatoms. The fourth-order valence-corrected chi connectivity index (χ4v) is 2.45. The van der Waals surface area contributed by atoms with E-state index in [1.54, 1.807) is 0 Å². The van der Waals surface area contributed by atoms with Crippen LogP contribution in [0.4, 0.5) is 5.82 Å². The lowest BCUT2D eigenvalue weighted by atomic mass is 10.1. The molecular formula is C11H19N5O3. The molecule has 106 valence electrons. The van der Waals surface area contributed by atoms with E-state index in [1.807, 2.05) is 6.20 Å². The van der Waals surface area contributed by atoms with Gasteiger partial charge in [-0.05, 0) is 12.8 Å². The van der Waals surface area contributed by atoms with Gasteiger partial charge >= 0.3 is 0 Å². The molecule has 0 amide bonds. The quantitative estimate of drug-likeness (QED) is 0.530. The summed E-state index contributed by atoms with van der Waals surface area (Å²) in [5.74, 6) is 0.470. The Morgan fingerprint density at radius 3 is 2.79 bits per heavy atom. The number of aromatic nitrogens is 3. The Kier molecular flexibility index (Phi) is 4.78. The van der Waals surface area contributed by atoms with E-state index in [4.69, 9.17) is 10.8 Å². The largest absolute Gasteiger partial charge is 0.412 e. The molecule has 9 N–H and O–H groups in total. The highest BCUT2D eigenvalue weighted by atomic mass is 16.3. The predicted octanol–water partition coefficient (Wildman–Crippen LogP) is -1.32. The van der Waals surface area contributed by atoms with Gasteiger partial charge in [0.25, 0.3) is 0 Å². The highest BCUT2D eigenvalue weighted by molar-refractivity contribution is 5.87. The summed E-state index contributed by atoms with van der Waals surface area (Å²) in [5, 5.41) is 12.5. The van der Waals surface area contributed by atoms with Crippen LogP contribution in [0.25, 0.3) is 11.0 Å². The molecule has 2 unspecified atom stereocenters. The number of anilines is 1. The molecule has 0 spiro atoms. The van der Waals surface area contributed by atoms with E-state index in [-0.39, 0.29) is 29.6 Å². The minimum Gasteiger partial charge on any atom is -0.412 e. The first kappa shape index (κ1) is 15.3. The van der Waals surface area contributed by atoms with Crippen molar-refractivity contribution in [1.29, 1.82) is 0 Å². The number of hydrogen-bond donors (Lipinski definition) is 4. The van der Waals surface area contributed by atoms with Gasteiger partial charge in [0.2, 0.25) is 0 Å². The summed E-state index contributed by atoms with van der Waals surface area (Å²) in [7, 11) is 0. The van der Waals surface area contributed by atoms with Crippen molar-refractivity contribution >= 4 is 16.9 Å². The van der Waals surface area contributed by atoms with Crippen molar-refractivity contribution in [2.45, 2.75) is 24.9 Å². The summed E-state index contributed by atoms with van der Waals surface area (Å²) in [4.78, 5) is 11.3. The minimum atomic E-state index is 0. The maximum atomic E-state index is 9.12. The predicted molar refractivity (Wildman–Crippen MR) is 71.5 cm³/mol. The molecule has 1 saturated heterocycles. The van der Waals surface area contributed by atoms with Gasteiger partial charge in [0.1, 0.15) is 11.8 Å². The summed E-state index contributed by atoms with van der Waals surface area (Å²) < 4.78 is 0. The van der Waals surface area contributed by atoms with Gasteiger partial charge < -0.3 is 32.1 Å². The third-order valence-corrected chi connectivity index (χ3v) is 3.36. The van der Waals surface area contributed by atoms with Crippen LogP contribution < -0.4 is 11.1 Å². The second kappa shape index (κ2) is 5.93. The Morgan fingerprint density at radius 1 is 1.32 bits per heavy atom. The Balaban J connectivity index is 0.000000902. The third kappa shape index (κ3) is 2.51. The van der Waals surface area contributed by atoms with Crippen LogP contribution in [-0.4, -0.2) is 43.7 Å². The Hall–Kier alpha value is -1.74. The molecule has 19 heavy (non-hydrogen) atoms. The van der Waals surface area contributed by atoms with E-state index in [1.165, 1.54) is 6.33 Å². The lowest BCUT2D eigenvalue weighted by molar-refractivity contribution is 0.252. The number of rotatable bonds is 2. The second-order valence-electron chi connectivity index (χ2n) is 4.40. The monoisotopic (exact) mass is 269 g/mol. The number of nitrogens with two attached hydrogens (primary N) is 1. The average Bonchev–Trinajstić information content (AvgIpc) is 2.94. The van der Waals surface area contributed by atoms with Gasteiger partial charge in [-0.3, -0.25) is 0 Å². The van der Waals surface area contributed by atoms with Gasteiger partial charge in [0, 0.05) is 23.8 Å². The Morgan fingerprint density at radius 2 is 2.11 bits per heavy atom. The number of aliphatic hydroxyl groups excluding tert-OH is 1. The van der Waals surface area contributed by atoms with Gasteiger partial charge in [-0.25, -0.2) is 9.97 Å². The number of aliphatic hydroxyl groups is 1. The van der Waals surface area contributed by atoms with Crippen molar-refractivity contribution < 1.29 is 16.1 Å². The lowest BCUT2D eigenvalue weighted by Crippen LogP contribution is -2.27. The van der Waals surface area contributed by atoms with Gasteiger partial charge in [-0.1, -0.05) is 0 Å². The number of fused-ring (bicyclic) bond motifs is 1. The first-order chi connectivity index (χ1) is 8.29. The summed E-state index contributed by atoms with van der Waals surface area (Å²) in [6.45, 7) is 0.177. The van der Waals surface area contributed by atoms with Crippen LogP contribution in [-0.2, 0) is 0 Å². The van der Waals surface area contributed by atoms with Crippen molar-refractivity contribution in [1.82, 2.24) is 20.3 Å². The van der Waals surface area contributed by atoms with Crippen molar-refractivity contribution in [2.75, 3.05) is 12.3 Å². The van der Waals surface area contributed by atoms with E-state index >= 15 is 0 Å². The maximum Gasteiger partial charge on any atom is 0.151 e. The molecule has 0 saturated carbocycles. The minimum absolute atomic E-state index is 0. The van der Waals surface area contributed by atoms with Gasteiger partial charge in [-0.2, -0.15) is 0 Å². The van der Waals surface area contributed by atoms with Crippen LogP contribution in [0.15, 0.2) is 12.5 Å². The molecule has 3 rings (SSSR count). The molecule has 2 atom stereocenters. The summed E-state index contributed by atoms with van der Waals surface area (Å²) in [5.41, 5.74) is 8.54. The van der Waals surface area contributed by atoms with Crippen LogP contribution in [0.1, 0.15) is 24.4 Å². The molecule has 0 radical (unpaired) electrons. The van der Waals surface area contributed by atoms with E-state index in [9.17, 15) is 0 Å². The molecule has 0 aliphatic carbocycles. The zero-order valence-electron chi connectivity index (χ0n) is 10.3. The fourth-order valence-electron chi connectivity index (χ4n) is 2.45. The Bertz CT molecular complexity index is 544. The smallest absolute Gasteiger partial charge is 0.151 e. The Labute approximate surface area is 109 Å². The summed E-state index contributed by atoms with van der Waals surface area (Å²) >= 11 is 0. The number of nitrogens with one attached hydrogen (secondary N) is 2. The van der Waals surface area contributed by atoms with Crippen LogP contribution in [0.3, 0.4) is 0 Å². The first-order valence-electron chi connectivity index (χ1n) is 5.74. The molecule has 1 fully saturated rings. The SMILES string of the molecule is Nc1ncnc2c(C3CCC(CO)N3)c[nH]c12.O.O. The van der Waals surface area contributed by atoms with Gasteiger partial charge in [0.15, 0.2) is 5.82 Å². The number of aromatic amines is 1. The summed E-state index contributed by atoms with van der Waals surface area (Å²) in [6.07, 6.45) is 5.39. The van der Waals surface area contributed by atoms with Gasteiger partial charge in [0.05, 0.1) is 12.1 Å². The molecule has 2 aromatic rings. The number of hydrogen-bond acceptors (Lipinski definition) is 5. The fraction of sp³-hybridized carbons (Fsp3) is 0.455. The second-order valence-corrected chi connectivity index (χ2v) is 4.40. The van der Waals surface area contributed by atoms with Crippen LogP contribution in [0.2, 0.25) is 0 Å². The van der Waals surface area contributed by atoms with Crippen LogP contribution >= 0.6 is 0 Å². The van der Waals surface area contributed by atoms with E-state index in [0.29, 0.717) is 5.82 Å². The highest BCUT2D eigenvalue weighted by Crippen LogP contribution is 2.31. The zero-order valence-corrected chi connectivity index (χ0v) is 10.3. The molecule has 0 aromatic carbocycles. The van der Waals surface area contributed by atoms with E-state index < -0.39 is 0 Å². The van der Waals surface area contributed by atoms with Crippen molar-refractivity contribution in [2.24, 2.45) is 0 Å². The average molecular weight is 269 g/mol. The molecular weight excluding hydrogens is 250 g/mol. The van der Waals surface area contributed by atoms with E-state index in [0.717, 1.165) is 29.4 Å². The van der Waals surface area contributed by atoms with Crippen molar-refractivity contribution in [3.8, 4) is 0 Å². The summed E-state index contributed by atoms with van der Waals surface area (Å²) in [6, 6.07) is 0.416. The van der Waals surface area contributed by atoms with E-state index in [2.05, 4.69) is 20.3 Å². The van der Waals surface area contributed by atoms with Crippen LogP contribution in [0, 0.1) is 0 Å². The third-order valence-electron chi connectivity index (χ3n) is 3.36. The molecule has 1 aliphatic rings. The topological polar surface area (TPSA) is 163 Å². The zero-order chi connectivity index (χ0) is 11.8. The lowest BCUT2D eigenvalue weighted by Gasteiger charge is -2.11. The maximum absolute atomic E-state index is 9.12. The number of H-pyrrole nitrogens is 1.